The second kappa shape index (κ2) is 9.19. The molecule has 1 fully saturated rings. The van der Waals surface area contributed by atoms with Gasteiger partial charge in [-0.05, 0) is 26.0 Å². The van der Waals surface area contributed by atoms with E-state index in [-0.39, 0.29) is 18.5 Å². The summed E-state index contributed by atoms with van der Waals surface area (Å²) in [4.78, 5) is 2.10. The first-order valence-corrected chi connectivity index (χ1v) is 11.2. The first-order chi connectivity index (χ1) is 11.6. The van der Waals surface area contributed by atoms with Crippen LogP contribution in [0.5, 0.6) is 0 Å². The molecular formula is C15H18ClN2O3PS2. The largest absolute Gasteiger partial charge is 0.373 e. The van der Waals surface area contributed by atoms with E-state index >= 15 is 0 Å². The van der Waals surface area contributed by atoms with Crippen molar-refractivity contribution >= 4 is 48.4 Å². The minimum atomic E-state index is -3.57. The minimum Gasteiger partial charge on any atom is -0.351 e. The smallest absolute Gasteiger partial charge is 0.351 e. The quantitative estimate of drug-likeness (QED) is 0.458. The molecule has 0 saturated carbocycles. The molecule has 0 N–H and O–H groups in total. The lowest BCUT2D eigenvalue weighted by atomic mass is 10.3. The summed E-state index contributed by atoms with van der Waals surface area (Å²) in [5, 5.41) is 10.3. The number of allylic oxidation sites excluding steroid dienone is 1. The molecule has 1 aliphatic rings. The molecule has 1 aliphatic heterocycles. The lowest BCUT2D eigenvalue weighted by Gasteiger charge is -2.30. The number of benzene rings is 1. The second-order valence-corrected chi connectivity index (χ2v) is 9.15. The third kappa shape index (κ3) is 4.51. The maximum Gasteiger partial charge on any atom is 0.373 e. The predicted octanol–water partition coefficient (Wildman–Crippen LogP) is 5.50. The number of para-hydroxylation sites is 1. The van der Waals surface area contributed by atoms with Gasteiger partial charge in [0.05, 0.1) is 39.9 Å². The first kappa shape index (κ1) is 19.7. The van der Waals surface area contributed by atoms with E-state index in [0.717, 1.165) is 5.69 Å². The number of nitrogens with zero attached hydrogens (tertiary/aromatic N) is 2. The highest BCUT2D eigenvalue weighted by molar-refractivity contribution is 8.23. The first-order valence-electron chi connectivity index (χ1n) is 7.34. The molecule has 0 aliphatic carbocycles. The molecule has 0 unspecified atom stereocenters. The molecule has 5 nitrogen and oxygen atoms in total. The Kier molecular flexibility index (Phi) is 7.55. The summed E-state index contributed by atoms with van der Waals surface area (Å²) in [5.74, 6) is 1.21. The molecule has 0 spiro atoms. The molecule has 0 atom stereocenters. The van der Waals surface area contributed by atoms with Crippen molar-refractivity contribution in [2.24, 2.45) is 0 Å². The van der Waals surface area contributed by atoms with Gasteiger partial charge in [0.15, 0.2) is 5.31 Å². The van der Waals surface area contributed by atoms with Gasteiger partial charge in [-0.2, -0.15) is 5.26 Å². The van der Waals surface area contributed by atoms with E-state index in [4.69, 9.17) is 20.6 Å². The van der Waals surface area contributed by atoms with E-state index in [0.29, 0.717) is 21.0 Å². The fourth-order valence-electron chi connectivity index (χ4n) is 2.06. The Morgan fingerprint density at radius 1 is 1.29 bits per heavy atom. The van der Waals surface area contributed by atoms with Gasteiger partial charge < -0.3 is 13.9 Å². The number of thioether (sulfide) groups is 2. The molecule has 1 aromatic rings. The van der Waals surface area contributed by atoms with Gasteiger partial charge in [0.1, 0.15) is 6.07 Å². The number of rotatable bonds is 6. The highest BCUT2D eigenvalue weighted by atomic mass is 35.5. The van der Waals surface area contributed by atoms with Gasteiger partial charge in [0.25, 0.3) is 0 Å². The molecule has 9 heteroatoms. The Bertz CT molecular complexity index is 688. The van der Waals surface area contributed by atoms with Crippen LogP contribution in [0.2, 0.25) is 5.02 Å². The normalized spacial score (nSPS) is 15.2. The summed E-state index contributed by atoms with van der Waals surface area (Å²) in [6.07, 6.45) is 0. The molecule has 1 aromatic carbocycles. The summed E-state index contributed by atoms with van der Waals surface area (Å²) in [5.41, 5.74) is 0.939. The Labute approximate surface area is 155 Å². The topological polar surface area (TPSA) is 62.6 Å². The maximum atomic E-state index is 12.9. The predicted molar refractivity (Wildman–Crippen MR) is 102 cm³/mol. The zero-order valence-corrected chi connectivity index (χ0v) is 16.7. The van der Waals surface area contributed by atoms with Gasteiger partial charge >= 0.3 is 7.60 Å². The van der Waals surface area contributed by atoms with Crippen LogP contribution in [0.25, 0.3) is 0 Å². The lowest BCUT2D eigenvalue weighted by Crippen LogP contribution is -2.25. The van der Waals surface area contributed by atoms with E-state index in [9.17, 15) is 9.83 Å². The maximum absolute atomic E-state index is 12.9. The molecule has 24 heavy (non-hydrogen) atoms. The van der Waals surface area contributed by atoms with Gasteiger partial charge in [-0.1, -0.05) is 47.3 Å². The molecule has 2 rings (SSSR count). The Morgan fingerprint density at radius 2 is 1.88 bits per heavy atom. The van der Waals surface area contributed by atoms with Crippen LogP contribution in [-0.2, 0) is 13.6 Å². The van der Waals surface area contributed by atoms with Gasteiger partial charge in [-0.25, -0.2) is 0 Å². The molecular weight excluding hydrogens is 387 g/mol. The number of halogens is 1. The average Bonchev–Trinajstić information content (AvgIpc) is 2.57. The van der Waals surface area contributed by atoms with Crippen molar-refractivity contribution in [3.05, 3.63) is 38.8 Å². The van der Waals surface area contributed by atoms with Crippen LogP contribution in [0.1, 0.15) is 13.8 Å². The van der Waals surface area contributed by atoms with Crippen molar-refractivity contribution in [1.82, 2.24) is 0 Å². The van der Waals surface area contributed by atoms with Crippen molar-refractivity contribution in [3.63, 3.8) is 0 Å². The highest BCUT2D eigenvalue weighted by Crippen LogP contribution is 2.60. The Balaban J connectivity index is 2.21. The summed E-state index contributed by atoms with van der Waals surface area (Å²) in [6.45, 7) is 3.89. The van der Waals surface area contributed by atoms with Gasteiger partial charge in [0.2, 0.25) is 0 Å². The van der Waals surface area contributed by atoms with Crippen LogP contribution in [0, 0.1) is 11.3 Å². The third-order valence-corrected chi connectivity index (χ3v) is 8.28. The summed E-state index contributed by atoms with van der Waals surface area (Å²) in [6, 6.07) is 9.64. The van der Waals surface area contributed by atoms with Crippen molar-refractivity contribution in [2.75, 3.05) is 29.9 Å². The summed E-state index contributed by atoms with van der Waals surface area (Å²) < 4.78 is 24.1. The standard InChI is InChI=1S/C15H18ClN2O3PS2/c1-3-20-22(19,21-4-2)14(9-17)15-23-10-18(11-24-15)13-8-6-5-7-12(13)16/h5-8H,3-4,10-11H2,1-2H3. The van der Waals surface area contributed by atoms with E-state index < -0.39 is 7.60 Å². The SMILES string of the molecule is CCOP(=O)(OCC)C(C#N)=C1SCN(c2ccccc2Cl)CS1. The fourth-order valence-corrected chi connectivity index (χ4v) is 6.87. The number of nitriles is 1. The molecule has 0 bridgehead atoms. The number of anilines is 1. The van der Waals surface area contributed by atoms with Crippen LogP contribution in [-0.4, -0.2) is 25.0 Å². The number of hydrogen-bond acceptors (Lipinski definition) is 7. The minimum absolute atomic E-state index is 0.0972. The van der Waals surface area contributed by atoms with Crippen LogP contribution < -0.4 is 4.90 Å². The van der Waals surface area contributed by atoms with Crippen molar-refractivity contribution in [1.29, 1.82) is 5.26 Å². The summed E-state index contributed by atoms with van der Waals surface area (Å²) >= 11 is 9.11. The van der Waals surface area contributed by atoms with Crippen LogP contribution >= 0.6 is 42.7 Å². The molecule has 1 saturated heterocycles. The monoisotopic (exact) mass is 404 g/mol. The van der Waals surface area contributed by atoms with Crippen molar-refractivity contribution in [3.8, 4) is 6.07 Å². The van der Waals surface area contributed by atoms with Crippen LogP contribution in [0.3, 0.4) is 0 Å². The Hall–Kier alpha value is -0.610. The molecule has 0 radical (unpaired) electrons. The van der Waals surface area contributed by atoms with Crippen molar-refractivity contribution < 1.29 is 13.6 Å². The van der Waals surface area contributed by atoms with Gasteiger partial charge in [0, 0.05) is 0 Å². The van der Waals surface area contributed by atoms with E-state index in [1.807, 2.05) is 30.3 Å². The second-order valence-electron chi connectivity index (χ2n) is 4.62. The molecule has 1 heterocycles. The van der Waals surface area contributed by atoms with Gasteiger partial charge in [-0.3, -0.25) is 4.57 Å². The van der Waals surface area contributed by atoms with E-state index in [1.165, 1.54) is 23.5 Å². The van der Waals surface area contributed by atoms with Crippen molar-refractivity contribution in [2.45, 2.75) is 13.8 Å². The zero-order chi connectivity index (χ0) is 17.6. The lowest BCUT2D eigenvalue weighted by molar-refractivity contribution is 0.227. The molecule has 130 valence electrons. The van der Waals surface area contributed by atoms with Crippen LogP contribution in [0.4, 0.5) is 5.69 Å². The highest BCUT2D eigenvalue weighted by Gasteiger charge is 2.35. The molecule has 0 aromatic heterocycles. The zero-order valence-electron chi connectivity index (χ0n) is 13.4. The van der Waals surface area contributed by atoms with E-state index in [1.54, 1.807) is 13.8 Å². The Morgan fingerprint density at radius 3 is 2.38 bits per heavy atom. The summed E-state index contributed by atoms with van der Waals surface area (Å²) in [7, 11) is -3.57. The number of hydrogen-bond donors (Lipinski definition) is 0. The van der Waals surface area contributed by atoms with E-state index in [2.05, 4.69) is 4.90 Å². The fraction of sp³-hybridized carbons (Fsp3) is 0.400. The third-order valence-electron chi connectivity index (χ3n) is 3.07. The van der Waals surface area contributed by atoms with Crippen LogP contribution in [0.15, 0.2) is 33.8 Å². The van der Waals surface area contributed by atoms with Gasteiger partial charge in [-0.15, -0.1) is 0 Å². The molecule has 0 amide bonds. The average molecular weight is 405 g/mol.